The van der Waals surface area contributed by atoms with Gasteiger partial charge in [0.1, 0.15) is 5.69 Å². The van der Waals surface area contributed by atoms with Gasteiger partial charge in [0.2, 0.25) is 0 Å². The average molecular weight is 275 g/mol. The Morgan fingerprint density at radius 1 is 1.73 bits per heavy atom. The van der Waals surface area contributed by atoms with Crippen LogP contribution in [0.1, 0.15) is 30.8 Å². The van der Waals surface area contributed by atoms with E-state index in [-0.39, 0.29) is 11.9 Å². The summed E-state index contributed by atoms with van der Waals surface area (Å²) in [5.41, 5.74) is 0.626. The minimum absolute atomic E-state index is 0.0515. The number of methoxy groups -OCH3 is 1. The Bertz CT molecular complexity index is 349. The van der Waals surface area contributed by atoms with Gasteiger partial charge < -0.3 is 4.74 Å². The maximum Gasteiger partial charge on any atom is 0.184 e. The number of rotatable bonds is 5. The molecule has 0 saturated heterocycles. The smallest absolute Gasteiger partial charge is 0.184 e. The third-order valence-corrected chi connectivity index (χ3v) is 2.81. The van der Waals surface area contributed by atoms with Crippen LogP contribution >= 0.6 is 15.9 Å². The van der Waals surface area contributed by atoms with Crippen molar-refractivity contribution < 1.29 is 9.53 Å². The molecule has 0 aliphatic carbocycles. The largest absolute Gasteiger partial charge is 0.381 e. The van der Waals surface area contributed by atoms with Gasteiger partial charge in [-0.25, -0.2) is 0 Å². The number of hydrogen-bond donors (Lipinski definition) is 0. The molecule has 0 amide bonds. The third kappa shape index (κ3) is 2.89. The highest BCUT2D eigenvalue weighted by Crippen LogP contribution is 2.18. The van der Waals surface area contributed by atoms with Gasteiger partial charge in [-0.1, -0.05) is 0 Å². The van der Waals surface area contributed by atoms with E-state index in [9.17, 15) is 4.79 Å². The summed E-state index contributed by atoms with van der Waals surface area (Å²) < 4.78 is 7.50. The molecule has 0 bridgehead atoms. The molecule has 0 saturated carbocycles. The molecular weight excluding hydrogens is 260 g/mol. The first-order chi connectivity index (χ1) is 7.10. The number of Topliss-reactive ketones (excluding diaryl/α,β-unsaturated/α-hetero) is 1. The van der Waals surface area contributed by atoms with Crippen molar-refractivity contribution in [2.45, 2.75) is 32.9 Å². The number of carbonyl (C=O) groups excluding carboxylic acids is 1. The van der Waals surface area contributed by atoms with Gasteiger partial charge in [-0.2, -0.15) is 5.10 Å². The molecular formula is C10H15BrN2O2. The molecule has 0 spiro atoms. The molecule has 84 valence electrons. The zero-order valence-electron chi connectivity index (χ0n) is 9.16. The molecule has 5 heteroatoms. The lowest BCUT2D eigenvalue weighted by Crippen LogP contribution is -2.16. The number of hydrogen-bond acceptors (Lipinski definition) is 3. The van der Waals surface area contributed by atoms with Crippen molar-refractivity contribution in [3.05, 3.63) is 16.4 Å². The van der Waals surface area contributed by atoms with Crippen LogP contribution in [0.4, 0.5) is 0 Å². The predicted molar refractivity (Wildman–Crippen MR) is 61.0 cm³/mol. The second-order valence-corrected chi connectivity index (χ2v) is 4.18. The van der Waals surface area contributed by atoms with E-state index in [4.69, 9.17) is 4.74 Å². The van der Waals surface area contributed by atoms with E-state index in [0.29, 0.717) is 18.7 Å². The molecule has 15 heavy (non-hydrogen) atoms. The second kappa shape index (κ2) is 5.42. The van der Waals surface area contributed by atoms with Gasteiger partial charge in [0.05, 0.1) is 16.8 Å². The highest BCUT2D eigenvalue weighted by molar-refractivity contribution is 9.10. The van der Waals surface area contributed by atoms with Crippen LogP contribution in [-0.2, 0) is 11.3 Å². The number of nitrogens with zero attached hydrogens (tertiary/aromatic N) is 2. The van der Waals surface area contributed by atoms with Gasteiger partial charge in [-0.3, -0.25) is 9.48 Å². The Labute approximate surface area is 97.7 Å². The summed E-state index contributed by atoms with van der Waals surface area (Å²) in [5, 5.41) is 4.10. The van der Waals surface area contributed by atoms with E-state index in [2.05, 4.69) is 21.0 Å². The lowest BCUT2D eigenvalue weighted by Gasteiger charge is -2.09. The van der Waals surface area contributed by atoms with Crippen LogP contribution in [0.5, 0.6) is 0 Å². The Morgan fingerprint density at radius 2 is 2.40 bits per heavy atom. The molecule has 1 aromatic rings. The van der Waals surface area contributed by atoms with E-state index in [1.165, 1.54) is 0 Å². The van der Waals surface area contributed by atoms with Crippen LogP contribution in [0, 0.1) is 0 Å². The van der Waals surface area contributed by atoms with E-state index >= 15 is 0 Å². The first-order valence-corrected chi connectivity index (χ1v) is 5.66. The molecule has 1 heterocycles. The fraction of sp³-hybridized carbons (Fsp3) is 0.600. The topological polar surface area (TPSA) is 44.1 Å². The zero-order valence-corrected chi connectivity index (χ0v) is 10.7. The van der Waals surface area contributed by atoms with Gasteiger partial charge in [0, 0.05) is 20.1 Å². The monoisotopic (exact) mass is 274 g/mol. The number of carbonyl (C=O) groups is 1. The molecule has 0 radical (unpaired) electrons. The quantitative estimate of drug-likeness (QED) is 0.774. The van der Waals surface area contributed by atoms with Crippen molar-refractivity contribution >= 4 is 21.7 Å². The summed E-state index contributed by atoms with van der Waals surface area (Å²) in [6, 6.07) is 0. The highest BCUT2D eigenvalue weighted by atomic mass is 79.9. The number of aromatic nitrogens is 2. The van der Waals surface area contributed by atoms with Crippen LogP contribution in [0.25, 0.3) is 0 Å². The Morgan fingerprint density at radius 3 is 2.93 bits per heavy atom. The second-order valence-electron chi connectivity index (χ2n) is 3.33. The molecule has 0 aromatic carbocycles. The summed E-state index contributed by atoms with van der Waals surface area (Å²) in [5.74, 6) is 0.0515. The molecule has 1 unspecified atom stereocenters. The third-order valence-electron chi connectivity index (χ3n) is 2.23. The molecule has 4 nitrogen and oxygen atoms in total. The molecule has 0 N–H and O–H groups in total. The van der Waals surface area contributed by atoms with Gasteiger partial charge in [0.25, 0.3) is 0 Å². The minimum Gasteiger partial charge on any atom is -0.381 e. The molecule has 1 atom stereocenters. The highest BCUT2D eigenvalue weighted by Gasteiger charge is 2.18. The summed E-state index contributed by atoms with van der Waals surface area (Å²) in [4.78, 5) is 11.9. The van der Waals surface area contributed by atoms with Crippen LogP contribution in [0.15, 0.2) is 10.7 Å². The number of ketones is 1. The molecule has 0 aliphatic heterocycles. The SMILES string of the molecule is CCn1ncc(Br)c1C(=O)CC(C)OC. The van der Waals surface area contributed by atoms with Crippen LogP contribution < -0.4 is 0 Å². The molecule has 1 aromatic heterocycles. The first-order valence-electron chi connectivity index (χ1n) is 4.87. The summed E-state index contributed by atoms with van der Waals surface area (Å²) in [6.45, 7) is 4.52. The van der Waals surface area contributed by atoms with Crippen LogP contribution in [-0.4, -0.2) is 28.8 Å². The van der Waals surface area contributed by atoms with Crippen LogP contribution in [0.2, 0.25) is 0 Å². The Balaban J connectivity index is 2.85. The standard InChI is InChI=1S/C10H15BrN2O2/c1-4-13-10(8(11)6-12-13)9(14)5-7(2)15-3/h6-7H,4-5H2,1-3H3. The van der Waals surface area contributed by atoms with Gasteiger partial charge in [-0.15, -0.1) is 0 Å². The van der Waals surface area contributed by atoms with Gasteiger partial charge in [0.15, 0.2) is 5.78 Å². The lowest BCUT2D eigenvalue weighted by atomic mass is 10.1. The van der Waals surface area contributed by atoms with Gasteiger partial charge >= 0.3 is 0 Å². The van der Waals surface area contributed by atoms with E-state index in [0.717, 1.165) is 4.47 Å². The van der Waals surface area contributed by atoms with Crippen molar-refractivity contribution in [1.29, 1.82) is 0 Å². The van der Waals surface area contributed by atoms with Crippen molar-refractivity contribution in [3.8, 4) is 0 Å². The van der Waals surface area contributed by atoms with E-state index < -0.39 is 0 Å². The van der Waals surface area contributed by atoms with Crippen molar-refractivity contribution in [1.82, 2.24) is 9.78 Å². The average Bonchev–Trinajstić information content (AvgIpc) is 2.59. The number of ether oxygens (including phenoxy) is 1. The first kappa shape index (κ1) is 12.4. The molecule has 0 fully saturated rings. The molecule has 0 aliphatic rings. The normalized spacial score (nSPS) is 12.8. The van der Waals surface area contributed by atoms with Crippen molar-refractivity contribution in [3.63, 3.8) is 0 Å². The number of halogens is 1. The number of aryl methyl sites for hydroxylation is 1. The Kier molecular flexibility index (Phi) is 4.47. The maximum absolute atomic E-state index is 11.9. The van der Waals surface area contributed by atoms with Crippen molar-refractivity contribution in [2.75, 3.05) is 7.11 Å². The minimum atomic E-state index is -0.0652. The summed E-state index contributed by atoms with van der Waals surface area (Å²) in [7, 11) is 1.60. The summed E-state index contributed by atoms with van der Waals surface area (Å²) >= 11 is 3.33. The van der Waals surface area contributed by atoms with Gasteiger partial charge in [-0.05, 0) is 29.8 Å². The molecule has 1 rings (SSSR count). The fourth-order valence-electron chi connectivity index (χ4n) is 1.32. The summed E-state index contributed by atoms with van der Waals surface area (Å²) in [6.07, 6.45) is 1.96. The Hall–Kier alpha value is -0.680. The lowest BCUT2D eigenvalue weighted by molar-refractivity contribution is 0.0782. The van der Waals surface area contributed by atoms with Crippen LogP contribution in [0.3, 0.4) is 0 Å². The van der Waals surface area contributed by atoms with Crippen molar-refractivity contribution in [2.24, 2.45) is 0 Å². The maximum atomic E-state index is 11.9. The fourth-order valence-corrected chi connectivity index (χ4v) is 1.84. The van der Waals surface area contributed by atoms with E-state index in [1.54, 1.807) is 18.0 Å². The predicted octanol–water partition coefficient (Wildman–Crippen LogP) is 2.27. The van der Waals surface area contributed by atoms with E-state index in [1.807, 2.05) is 13.8 Å². The zero-order chi connectivity index (χ0) is 11.4.